The van der Waals surface area contributed by atoms with Crippen LogP contribution in [0.15, 0.2) is 255 Å². The zero-order valence-corrected chi connectivity index (χ0v) is 34.9. The average molecular weight is 805 g/mol. The summed E-state index contributed by atoms with van der Waals surface area (Å²) in [5.41, 5.74) is 21.2. The molecule has 0 atom stereocenters. The Morgan fingerprint density at radius 2 is 0.619 bits per heavy atom. The Labute approximate surface area is 370 Å². The molecule has 0 unspecified atom stereocenters. The van der Waals surface area contributed by atoms with Gasteiger partial charge in [-0.25, -0.2) is 0 Å². The molecule has 0 bridgehead atoms. The third kappa shape index (κ3) is 7.60. The van der Waals surface area contributed by atoms with Crippen LogP contribution >= 0.6 is 0 Å². The minimum Gasteiger partial charge on any atom is -0.310 e. The Morgan fingerprint density at radius 3 is 1.05 bits per heavy atom. The number of anilines is 6. The van der Waals surface area contributed by atoms with Crippen LogP contribution in [0.2, 0.25) is 0 Å². The number of hydrogen-bond donors (Lipinski definition) is 0. The first kappa shape index (κ1) is 37.8. The molecule has 0 saturated heterocycles. The Kier molecular flexibility index (Phi) is 10.0. The highest BCUT2D eigenvalue weighted by atomic mass is 15.2. The van der Waals surface area contributed by atoms with E-state index in [1.165, 1.54) is 50.3 Å². The van der Waals surface area contributed by atoms with Gasteiger partial charge in [0.25, 0.3) is 0 Å². The van der Waals surface area contributed by atoms with Crippen LogP contribution in [0.5, 0.6) is 0 Å². The lowest BCUT2D eigenvalue weighted by Gasteiger charge is -2.33. The molecule has 10 aromatic carbocycles. The number of fused-ring (bicyclic) bond motifs is 2. The van der Waals surface area contributed by atoms with Gasteiger partial charge in [-0.1, -0.05) is 182 Å². The molecule has 1 aliphatic heterocycles. The number of benzene rings is 10. The summed E-state index contributed by atoms with van der Waals surface area (Å²) in [6, 6.07) is 92.5. The molecule has 2 nitrogen and oxygen atoms in total. The summed E-state index contributed by atoms with van der Waals surface area (Å²) >= 11 is 0. The Bertz CT molecular complexity index is 2890. The van der Waals surface area contributed by atoms with Gasteiger partial charge in [0.05, 0.1) is 0 Å². The molecule has 63 heavy (non-hydrogen) atoms. The first-order chi connectivity index (χ1) is 31.2. The second-order valence-corrected chi connectivity index (χ2v) is 16.2. The monoisotopic (exact) mass is 804 g/mol. The summed E-state index contributed by atoms with van der Waals surface area (Å²) in [7, 11) is 0. The highest BCUT2D eigenvalue weighted by Crippen LogP contribution is 2.46. The van der Waals surface area contributed by atoms with Crippen LogP contribution in [0.3, 0.4) is 0 Å². The molecular formula is C61H44N2. The summed E-state index contributed by atoms with van der Waals surface area (Å²) in [5, 5.41) is 0. The Hall–Kier alpha value is -8.20. The lowest BCUT2D eigenvalue weighted by Crippen LogP contribution is -2.18. The van der Waals surface area contributed by atoms with Crippen LogP contribution in [-0.4, -0.2) is 0 Å². The maximum atomic E-state index is 2.43. The maximum Gasteiger partial charge on any atom is 0.0497 e. The normalized spacial score (nSPS) is 11.7. The fourth-order valence-corrected chi connectivity index (χ4v) is 9.11. The lowest BCUT2D eigenvalue weighted by molar-refractivity contribution is 1.09. The van der Waals surface area contributed by atoms with Gasteiger partial charge < -0.3 is 9.80 Å². The molecule has 0 aromatic heterocycles. The van der Waals surface area contributed by atoms with Crippen molar-refractivity contribution in [2.24, 2.45) is 0 Å². The average Bonchev–Trinajstić information content (AvgIpc) is 3.37. The zero-order chi connectivity index (χ0) is 42.0. The molecule has 298 valence electrons. The Balaban J connectivity index is 1.07. The number of rotatable bonds is 9. The van der Waals surface area contributed by atoms with E-state index in [1.807, 2.05) is 0 Å². The molecule has 11 rings (SSSR count). The summed E-state index contributed by atoms with van der Waals surface area (Å²) in [4.78, 5) is 4.85. The van der Waals surface area contributed by atoms with Crippen molar-refractivity contribution >= 4 is 34.1 Å². The van der Waals surface area contributed by atoms with Crippen LogP contribution in [-0.2, 0) is 6.42 Å². The first-order valence-electron chi connectivity index (χ1n) is 21.7. The number of para-hydroxylation sites is 2. The summed E-state index contributed by atoms with van der Waals surface area (Å²) in [6.07, 6.45) is 0.933. The zero-order valence-electron chi connectivity index (χ0n) is 34.9. The van der Waals surface area contributed by atoms with Crippen LogP contribution < -0.4 is 9.80 Å². The van der Waals surface area contributed by atoms with Gasteiger partial charge in [0.15, 0.2) is 0 Å². The summed E-state index contributed by atoms with van der Waals surface area (Å²) < 4.78 is 0. The van der Waals surface area contributed by atoms with E-state index in [1.54, 1.807) is 0 Å². The van der Waals surface area contributed by atoms with Crippen molar-refractivity contribution in [1.29, 1.82) is 0 Å². The molecule has 1 heterocycles. The van der Waals surface area contributed by atoms with E-state index in [-0.39, 0.29) is 0 Å². The van der Waals surface area contributed by atoms with Crippen molar-refractivity contribution in [1.82, 2.24) is 0 Å². The molecule has 0 saturated carbocycles. The van der Waals surface area contributed by atoms with Gasteiger partial charge in [0.1, 0.15) is 0 Å². The molecule has 0 N–H and O–H groups in total. The van der Waals surface area contributed by atoms with Gasteiger partial charge in [-0.3, -0.25) is 0 Å². The van der Waals surface area contributed by atoms with E-state index in [0.717, 1.165) is 57.0 Å². The third-order valence-corrected chi connectivity index (χ3v) is 12.2. The van der Waals surface area contributed by atoms with E-state index in [2.05, 4.69) is 265 Å². The third-order valence-electron chi connectivity index (χ3n) is 12.2. The maximum absolute atomic E-state index is 2.43. The molecule has 0 radical (unpaired) electrons. The summed E-state index contributed by atoms with van der Waals surface area (Å²) in [5.74, 6) is 0. The van der Waals surface area contributed by atoms with Crippen molar-refractivity contribution < 1.29 is 0 Å². The number of nitrogens with zero attached hydrogens (tertiary/aromatic N) is 2. The fourth-order valence-electron chi connectivity index (χ4n) is 9.11. The van der Waals surface area contributed by atoms with Gasteiger partial charge in [-0.15, -0.1) is 0 Å². The molecule has 0 fully saturated rings. The van der Waals surface area contributed by atoms with Crippen molar-refractivity contribution in [3.05, 3.63) is 266 Å². The molecule has 0 aliphatic carbocycles. The molecule has 2 heteroatoms. The van der Waals surface area contributed by atoms with E-state index < -0.39 is 0 Å². The molecule has 0 spiro atoms. The van der Waals surface area contributed by atoms with E-state index in [9.17, 15) is 0 Å². The van der Waals surface area contributed by atoms with E-state index in [0.29, 0.717) is 0 Å². The van der Waals surface area contributed by atoms with Crippen molar-refractivity contribution in [2.75, 3.05) is 9.80 Å². The summed E-state index contributed by atoms with van der Waals surface area (Å²) in [6.45, 7) is 0. The molecule has 0 amide bonds. The van der Waals surface area contributed by atoms with Gasteiger partial charge in [0.2, 0.25) is 0 Å². The van der Waals surface area contributed by atoms with Crippen molar-refractivity contribution in [3.8, 4) is 55.6 Å². The second-order valence-electron chi connectivity index (χ2n) is 16.2. The highest BCUT2D eigenvalue weighted by Gasteiger charge is 2.24. The van der Waals surface area contributed by atoms with Crippen molar-refractivity contribution in [2.45, 2.75) is 6.42 Å². The second kappa shape index (κ2) is 16.7. The fraction of sp³-hybridized carbons (Fsp3) is 0.0164. The van der Waals surface area contributed by atoms with Gasteiger partial charge in [-0.2, -0.15) is 0 Å². The van der Waals surface area contributed by atoms with Crippen LogP contribution in [0.1, 0.15) is 11.1 Å². The van der Waals surface area contributed by atoms with Crippen molar-refractivity contribution in [3.63, 3.8) is 0 Å². The first-order valence-corrected chi connectivity index (χ1v) is 21.7. The Morgan fingerprint density at radius 1 is 0.254 bits per heavy atom. The molecule has 1 aliphatic rings. The largest absolute Gasteiger partial charge is 0.310 e. The molecule has 10 aromatic rings. The van der Waals surface area contributed by atoms with E-state index in [4.69, 9.17) is 0 Å². The van der Waals surface area contributed by atoms with Crippen LogP contribution in [0, 0.1) is 0 Å². The smallest absolute Gasteiger partial charge is 0.0497 e. The highest BCUT2D eigenvalue weighted by molar-refractivity contribution is 5.90. The van der Waals surface area contributed by atoms with Crippen LogP contribution in [0.4, 0.5) is 34.1 Å². The van der Waals surface area contributed by atoms with Gasteiger partial charge in [-0.05, 0) is 140 Å². The van der Waals surface area contributed by atoms with Gasteiger partial charge >= 0.3 is 0 Å². The van der Waals surface area contributed by atoms with E-state index >= 15 is 0 Å². The minimum atomic E-state index is 0.933. The van der Waals surface area contributed by atoms with Crippen LogP contribution in [0.25, 0.3) is 55.6 Å². The number of hydrogen-bond acceptors (Lipinski definition) is 2. The van der Waals surface area contributed by atoms with Gasteiger partial charge in [0, 0.05) is 40.5 Å². The predicted octanol–water partition coefficient (Wildman–Crippen LogP) is 16.9. The lowest BCUT2D eigenvalue weighted by atomic mass is 9.94. The molecular weight excluding hydrogens is 761 g/mol. The SMILES string of the molecule is c1ccc(-c2cc(-c3ccccc3)cc(N(c3ccc(-c4cccc(N5c6ccccc6Cc6ccccc65)c4)cc3)c3cc(-c4ccccc4)cc(-c4ccccc4)c3)c2)cc1. The predicted molar refractivity (Wildman–Crippen MR) is 266 cm³/mol. The topological polar surface area (TPSA) is 6.48 Å². The standard InChI is InChI=1S/C61H44N2/c1-5-18-44(19-6-1)52-37-53(45-20-7-2-8-21-45)41-58(40-52)62(59-42-54(46-22-9-3-10-23-46)38-55(43-59)47-24-11-4-12-25-47)56-34-32-48(33-35-56)49-28-17-29-57(39-49)63-60-30-15-13-26-50(60)36-51-27-14-16-31-61(51)63/h1-35,37-43H,36H2. The quantitative estimate of drug-likeness (QED) is 0.143. The minimum absolute atomic E-state index is 0.933.